The van der Waals surface area contributed by atoms with Gasteiger partial charge in [-0.1, -0.05) is 51.1 Å². The number of rotatable bonds is 1. The molecule has 1 heterocycles. The van der Waals surface area contributed by atoms with Gasteiger partial charge in [0.2, 0.25) is 11.8 Å². The number of nitrogens with zero attached hydrogens (tertiary/aromatic N) is 1. The second-order valence-electron chi connectivity index (χ2n) is 6.07. The van der Waals surface area contributed by atoms with Crippen molar-refractivity contribution in [2.24, 2.45) is 5.41 Å². The van der Waals surface area contributed by atoms with Crippen molar-refractivity contribution in [2.75, 3.05) is 7.05 Å². The standard InChI is InChI=1S/C15H20N2O2/c1-15(2,3)12-14(19)17(4)11(13(18)16-12)10-8-6-5-7-9-10/h5-9,11-12H,1-4H3,(H,16,18). The summed E-state index contributed by atoms with van der Waals surface area (Å²) in [7, 11) is 1.69. The Labute approximate surface area is 113 Å². The first-order valence-electron chi connectivity index (χ1n) is 6.44. The first-order chi connectivity index (χ1) is 8.82. The van der Waals surface area contributed by atoms with Crippen molar-refractivity contribution in [1.29, 1.82) is 0 Å². The van der Waals surface area contributed by atoms with Gasteiger partial charge in [-0.05, 0) is 11.0 Å². The maximum Gasteiger partial charge on any atom is 0.248 e. The fraction of sp³-hybridized carbons (Fsp3) is 0.467. The molecule has 4 nitrogen and oxygen atoms in total. The van der Waals surface area contributed by atoms with Gasteiger partial charge in [0.05, 0.1) is 0 Å². The molecule has 1 aliphatic heterocycles. The van der Waals surface area contributed by atoms with Gasteiger partial charge in [0.25, 0.3) is 0 Å². The van der Waals surface area contributed by atoms with E-state index in [4.69, 9.17) is 0 Å². The average Bonchev–Trinajstić information content (AvgIpc) is 2.34. The number of likely N-dealkylation sites (N-methyl/N-ethyl adjacent to an activating group) is 1. The molecule has 1 fully saturated rings. The molecule has 2 rings (SSSR count). The van der Waals surface area contributed by atoms with E-state index < -0.39 is 12.1 Å². The Morgan fingerprint density at radius 2 is 1.68 bits per heavy atom. The summed E-state index contributed by atoms with van der Waals surface area (Å²) >= 11 is 0. The lowest BCUT2D eigenvalue weighted by molar-refractivity contribution is -0.151. The molecular weight excluding hydrogens is 240 g/mol. The minimum Gasteiger partial charge on any atom is -0.342 e. The van der Waals surface area contributed by atoms with Gasteiger partial charge in [0.1, 0.15) is 12.1 Å². The number of carbonyl (C=O) groups is 2. The molecule has 102 valence electrons. The molecule has 1 aliphatic rings. The molecule has 0 saturated carbocycles. The molecule has 0 aromatic heterocycles. The van der Waals surface area contributed by atoms with Crippen molar-refractivity contribution in [1.82, 2.24) is 10.2 Å². The van der Waals surface area contributed by atoms with Crippen molar-refractivity contribution < 1.29 is 9.59 Å². The number of hydrogen-bond acceptors (Lipinski definition) is 2. The van der Waals surface area contributed by atoms with Crippen molar-refractivity contribution in [2.45, 2.75) is 32.9 Å². The van der Waals surface area contributed by atoms with Crippen LogP contribution in [0.3, 0.4) is 0 Å². The third kappa shape index (κ3) is 2.48. The van der Waals surface area contributed by atoms with Crippen LogP contribution in [0.4, 0.5) is 0 Å². The van der Waals surface area contributed by atoms with E-state index in [1.807, 2.05) is 51.1 Å². The summed E-state index contributed by atoms with van der Waals surface area (Å²) in [6.45, 7) is 5.85. The number of carbonyl (C=O) groups excluding carboxylic acids is 2. The van der Waals surface area contributed by atoms with E-state index in [9.17, 15) is 9.59 Å². The third-order valence-electron chi connectivity index (χ3n) is 3.50. The molecule has 19 heavy (non-hydrogen) atoms. The lowest BCUT2D eigenvalue weighted by Gasteiger charge is -2.41. The molecule has 4 heteroatoms. The Morgan fingerprint density at radius 1 is 1.11 bits per heavy atom. The smallest absolute Gasteiger partial charge is 0.248 e. The van der Waals surface area contributed by atoms with Crippen LogP contribution < -0.4 is 5.32 Å². The SMILES string of the molecule is CN1C(=O)C(C(C)(C)C)NC(=O)C1c1ccccc1. The van der Waals surface area contributed by atoms with E-state index >= 15 is 0 Å². The summed E-state index contributed by atoms with van der Waals surface area (Å²) in [6, 6.07) is 8.37. The van der Waals surface area contributed by atoms with E-state index in [0.717, 1.165) is 5.56 Å². The molecule has 2 amide bonds. The second kappa shape index (κ2) is 4.68. The van der Waals surface area contributed by atoms with Gasteiger partial charge in [-0.3, -0.25) is 9.59 Å². The first-order valence-corrected chi connectivity index (χ1v) is 6.44. The zero-order chi connectivity index (χ0) is 14.2. The summed E-state index contributed by atoms with van der Waals surface area (Å²) < 4.78 is 0. The Bertz CT molecular complexity index is 491. The Hall–Kier alpha value is -1.84. The van der Waals surface area contributed by atoms with E-state index in [0.29, 0.717) is 0 Å². The number of piperazine rings is 1. The minimum absolute atomic E-state index is 0.0408. The number of nitrogens with one attached hydrogen (secondary N) is 1. The molecule has 0 spiro atoms. The average molecular weight is 260 g/mol. The van der Waals surface area contributed by atoms with Gasteiger partial charge < -0.3 is 10.2 Å². The summed E-state index contributed by atoms with van der Waals surface area (Å²) in [4.78, 5) is 26.3. The zero-order valence-corrected chi connectivity index (χ0v) is 11.8. The van der Waals surface area contributed by atoms with Crippen molar-refractivity contribution in [3.8, 4) is 0 Å². The molecule has 1 N–H and O–H groups in total. The third-order valence-corrected chi connectivity index (χ3v) is 3.50. The Kier molecular flexibility index (Phi) is 3.35. The quantitative estimate of drug-likeness (QED) is 0.836. The van der Waals surface area contributed by atoms with Crippen LogP contribution >= 0.6 is 0 Å². The number of amides is 2. The lowest BCUT2D eigenvalue weighted by atomic mass is 9.83. The largest absolute Gasteiger partial charge is 0.342 e. The van der Waals surface area contributed by atoms with Crippen LogP contribution in [0.15, 0.2) is 30.3 Å². The Balaban J connectivity index is 2.32. The fourth-order valence-corrected chi connectivity index (χ4v) is 2.39. The van der Waals surface area contributed by atoms with Crippen LogP contribution in [-0.4, -0.2) is 29.8 Å². The van der Waals surface area contributed by atoms with Gasteiger partial charge in [0.15, 0.2) is 0 Å². The monoisotopic (exact) mass is 260 g/mol. The maximum atomic E-state index is 12.4. The highest BCUT2D eigenvalue weighted by atomic mass is 16.2. The zero-order valence-electron chi connectivity index (χ0n) is 11.8. The van der Waals surface area contributed by atoms with Crippen molar-refractivity contribution in [3.05, 3.63) is 35.9 Å². The summed E-state index contributed by atoms with van der Waals surface area (Å²) in [6.07, 6.45) is 0. The lowest BCUT2D eigenvalue weighted by Crippen LogP contribution is -2.62. The van der Waals surface area contributed by atoms with E-state index in [1.54, 1.807) is 11.9 Å². The number of hydrogen-bond donors (Lipinski definition) is 1. The first kappa shape index (κ1) is 13.6. The van der Waals surface area contributed by atoms with Gasteiger partial charge in [-0.25, -0.2) is 0 Å². The van der Waals surface area contributed by atoms with Gasteiger partial charge in [-0.2, -0.15) is 0 Å². The van der Waals surface area contributed by atoms with Gasteiger partial charge >= 0.3 is 0 Å². The van der Waals surface area contributed by atoms with Crippen LogP contribution in [0.2, 0.25) is 0 Å². The highest BCUT2D eigenvalue weighted by Crippen LogP contribution is 2.30. The van der Waals surface area contributed by atoms with E-state index in [1.165, 1.54) is 0 Å². The van der Waals surface area contributed by atoms with Crippen LogP contribution in [0.5, 0.6) is 0 Å². The van der Waals surface area contributed by atoms with Gasteiger partial charge in [-0.15, -0.1) is 0 Å². The van der Waals surface area contributed by atoms with Crippen LogP contribution in [0, 0.1) is 5.41 Å². The second-order valence-corrected chi connectivity index (χ2v) is 6.07. The molecule has 2 atom stereocenters. The molecule has 0 aliphatic carbocycles. The van der Waals surface area contributed by atoms with E-state index in [-0.39, 0.29) is 17.2 Å². The fourth-order valence-electron chi connectivity index (χ4n) is 2.39. The molecule has 0 bridgehead atoms. The predicted octanol–water partition coefficient (Wildman–Crippen LogP) is 1.73. The summed E-state index contributed by atoms with van der Waals surface area (Å²) in [5.74, 6) is -0.158. The molecule has 2 unspecified atom stereocenters. The molecule has 1 aromatic rings. The molecular formula is C15H20N2O2. The maximum absolute atomic E-state index is 12.4. The van der Waals surface area contributed by atoms with Crippen LogP contribution in [0.1, 0.15) is 32.4 Å². The van der Waals surface area contributed by atoms with Crippen molar-refractivity contribution >= 4 is 11.8 Å². The molecule has 1 aromatic carbocycles. The van der Waals surface area contributed by atoms with E-state index in [2.05, 4.69) is 5.32 Å². The van der Waals surface area contributed by atoms with Crippen LogP contribution in [-0.2, 0) is 9.59 Å². The topological polar surface area (TPSA) is 49.4 Å². The summed E-state index contributed by atoms with van der Waals surface area (Å²) in [5, 5.41) is 2.85. The highest BCUT2D eigenvalue weighted by molar-refractivity contribution is 5.97. The minimum atomic E-state index is -0.535. The molecule has 1 saturated heterocycles. The highest BCUT2D eigenvalue weighted by Gasteiger charge is 2.44. The molecule has 0 radical (unpaired) electrons. The Morgan fingerprint density at radius 3 is 2.21 bits per heavy atom. The predicted molar refractivity (Wildman–Crippen MR) is 73.3 cm³/mol. The van der Waals surface area contributed by atoms with Crippen molar-refractivity contribution in [3.63, 3.8) is 0 Å². The van der Waals surface area contributed by atoms with Gasteiger partial charge in [0, 0.05) is 7.05 Å². The van der Waals surface area contributed by atoms with Crippen LogP contribution in [0.25, 0.3) is 0 Å². The normalized spacial score (nSPS) is 24.3. The number of benzene rings is 1. The summed E-state index contributed by atoms with van der Waals surface area (Å²) in [5.41, 5.74) is 0.547.